The fourth-order valence-electron chi connectivity index (χ4n) is 2.54. The van der Waals surface area contributed by atoms with Gasteiger partial charge in [0, 0.05) is 16.7 Å². The predicted molar refractivity (Wildman–Crippen MR) is 91.9 cm³/mol. The fourth-order valence-corrected chi connectivity index (χ4v) is 4.83. The highest BCUT2D eigenvalue weighted by molar-refractivity contribution is 9.10. The van der Waals surface area contributed by atoms with Crippen LogP contribution in [-0.4, -0.2) is 32.5 Å². The van der Waals surface area contributed by atoms with Crippen LogP contribution in [0.15, 0.2) is 22.7 Å². The average molecular weight is 389 g/mol. The summed E-state index contributed by atoms with van der Waals surface area (Å²) >= 11 is 3.43. The third-order valence-corrected chi connectivity index (χ3v) is 6.52. The van der Waals surface area contributed by atoms with Crippen molar-refractivity contribution in [3.63, 3.8) is 0 Å². The van der Waals surface area contributed by atoms with Gasteiger partial charge in [-0.2, -0.15) is 0 Å². The lowest BCUT2D eigenvalue weighted by atomic mass is 10.0. The molecular weight excluding hydrogens is 368 g/mol. The Labute approximate surface area is 139 Å². The molecule has 5 nitrogen and oxygen atoms in total. The minimum Gasteiger partial charge on any atom is -0.338 e. The van der Waals surface area contributed by atoms with Crippen molar-refractivity contribution in [2.24, 2.45) is 5.92 Å². The monoisotopic (exact) mass is 388 g/mol. The molecule has 1 aliphatic heterocycles. The third-order valence-electron chi connectivity index (χ3n) is 3.83. The summed E-state index contributed by atoms with van der Waals surface area (Å²) < 4.78 is 23.7. The van der Waals surface area contributed by atoms with Crippen LogP contribution in [0, 0.1) is 12.8 Å². The number of anilines is 1. The normalized spacial score (nSPS) is 19.8. The van der Waals surface area contributed by atoms with Crippen molar-refractivity contribution in [2.75, 3.05) is 23.4 Å². The zero-order chi connectivity index (χ0) is 16.2. The van der Waals surface area contributed by atoms with Crippen molar-refractivity contribution < 1.29 is 13.2 Å². The van der Waals surface area contributed by atoms with Crippen molar-refractivity contribution in [3.8, 4) is 0 Å². The van der Waals surface area contributed by atoms with E-state index < -0.39 is 9.84 Å². The standard InChI is InChI=1S/C15H21BrN2O3S/c1-11-4-5-13(9-14(11)16)18-15(19)17-7-2-3-12-6-8-22(20,21)10-12/h4-5,9,12H,2-3,6-8,10H2,1H3,(H2,17,18,19). The van der Waals surface area contributed by atoms with Crippen LogP contribution in [0.2, 0.25) is 0 Å². The van der Waals surface area contributed by atoms with Crippen LogP contribution in [-0.2, 0) is 9.84 Å². The van der Waals surface area contributed by atoms with Gasteiger partial charge in [0.05, 0.1) is 11.5 Å². The molecule has 122 valence electrons. The molecular formula is C15H21BrN2O3S. The van der Waals surface area contributed by atoms with E-state index in [0.717, 1.165) is 35.0 Å². The predicted octanol–water partition coefficient (Wildman–Crippen LogP) is 3.09. The number of rotatable bonds is 5. The maximum atomic E-state index is 11.8. The van der Waals surface area contributed by atoms with E-state index in [4.69, 9.17) is 0 Å². The van der Waals surface area contributed by atoms with E-state index in [1.807, 2.05) is 25.1 Å². The van der Waals surface area contributed by atoms with E-state index in [2.05, 4.69) is 26.6 Å². The van der Waals surface area contributed by atoms with Crippen LogP contribution in [0.4, 0.5) is 10.5 Å². The number of benzene rings is 1. The maximum Gasteiger partial charge on any atom is 0.319 e. The zero-order valence-corrected chi connectivity index (χ0v) is 15.0. The minimum atomic E-state index is -2.80. The molecule has 2 N–H and O–H groups in total. The quantitative estimate of drug-likeness (QED) is 0.760. The van der Waals surface area contributed by atoms with Gasteiger partial charge in [0.25, 0.3) is 0 Å². The molecule has 0 aliphatic carbocycles. The van der Waals surface area contributed by atoms with Crippen molar-refractivity contribution in [3.05, 3.63) is 28.2 Å². The molecule has 1 atom stereocenters. The summed E-state index contributed by atoms with van der Waals surface area (Å²) in [6.45, 7) is 2.53. The molecule has 2 amide bonds. The minimum absolute atomic E-state index is 0.241. The van der Waals surface area contributed by atoms with Gasteiger partial charge in [-0.3, -0.25) is 0 Å². The molecule has 1 fully saturated rings. The molecule has 1 aromatic carbocycles. The van der Waals surface area contributed by atoms with E-state index in [9.17, 15) is 13.2 Å². The van der Waals surface area contributed by atoms with Crippen LogP contribution in [0.3, 0.4) is 0 Å². The highest BCUT2D eigenvalue weighted by Crippen LogP contribution is 2.22. The molecule has 0 radical (unpaired) electrons. The summed E-state index contributed by atoms with van der Waals surface area (Å²) in [5.74, 6) is 0.868. The lowest BCUT2D eigenvalue weighted by Crippen LogP contribution is -2.29. The van der Waals surface area contributed by atoms with Gasteiger partial charge >= 0.3 is 6.03 Å². The Morgan fingerprint density at radius 3 is 2.82 bits per heavy atom. The lowest BCUT2D eigenvalue weighted by Gasteiger charge is -2.10. The number of hydrogen-bond donors (Lipinski definition) is 2. The summed E-state index contributed by atoms with van der Waals surface area (Å²) in [7, 11) is -2.80. The van der Waals surface area contributed by atoms with Crippen LogP contribution in [0.25, 0.3) is 0 Å². The molecule has 0 aromatic heterocycles. The van der Waals surface area contributed by atoms with Gasteiger partial charge in [-0.15, -0.1) is 0 Å². The molecule has 7 heteroatoms. The van der Waals surface area contributed by atoms with Crippen LogP contribution < -0.4 is 10.6 Å². The molecule has 1 aromatic rings. The second kappa shape index (κ2) is 7.46. The lowest BCUT2D eigenvalue weighted by molar-refractivity contribution is 0.251. The van der Waals surface area contributed by atoms with Crippen molar-refractivity contribution in [1.29, 1.82) is 0 Å². The van der Waals surface area contributed by atoms with Gasteiger partial charge in [-0.25, -0.2) is 13.2 Å². The molecule has 0 bridgehead atoms. The first-order chi connectivity index (χ1) is 10.4. The molecule has 2 rings (SSSR count). The largest absolute Gasteiger partial charge is 0.338 e. The van der Waals surface area contributed by atoms with E-state index in [0.29, 0.717) is 18.1 Å². The Hall–Kier alpha value is -1.08. The van der Waals surface area contributed by atoms with Crippen LogP contribution in [0.5, 0.6) is 0 Å². The first-order valence-corrected chi connectivity index (χ1v) is 9.98. The first kappa shape index (κ1) is 17.3. The maximum absolute atomic E-state index is 11.8. The van der Waals surface area contributed by atoms with Gasteiger partial charge in [0.1, 0.15) is 0 Å². The molecule has 0 spiro atoms. The smallest absolute Gasteiger partial charge is 0.319 e. The number of carbonyl (C=O) groups is 1. The third kappa shape index (κ3) is 5.28. The van der Waals surface area contributed by atoms with Crippen molar-refractivity contribution in [1.82, 2.24) is 5.32 Å². The number of nitrogens with one attached hydrogen (secondary N) is 2. The number of aryl methyl sites for hydroxylation is 1. The molecule has 0 saturated carbocycles. The molecule has 1 aliphatic rings. The summed E-state index contributed by atoms with van der Waals surface area (Å²) in [6, 6.07) is 5.40. The summed E-state index contributed by atoms with van der Waals surface area (Å²) in [6.07, 6.45) is 2.40. The number of sulfone groups is 1. The highest BCUT2D eigenvalue weighted by Gasteiger charge is 2.27. The Morgan fingerprint density at radius 1 is 1.41 bits per heavy atom. The summed E-state index contributed by atoms with van der Waals surface area (Å²) in [5.41, 5.74) is 1.84. The van der Waals surface area contributed by atoms with Gasteiger partial charge in [0.2, 0.25) is 0 Å². The van der Waals surface area contributed by atoms with E-state index in [1.165, 1.54) is 0 Å². The molecule has 1 heterocycles. The second-order valence-electron chi connectivity index (χ2n) is 5.76. The van der Waals surface area contributed by atoms with Crippen molar-refractivity contribution in [2.45, 2.75) is 26.2 Å². The Bertz CT molecular complexity index is 646. The number of halogens is 1. The van der Waals surface area contributed by atoms with Crippen LogP contribution >= 0.6 is 15.9 Å². The topological polar surface area (TPSA) is 75.3 Å². The fraction of sp³-hybridized carbons (Fsp3) is 0.533. The highest BCUT2D eigenvalue weighted by atomic mass is 79.9. The summed E-state index contributed by atoms with van der Waals surface area (Å²) in [5, 5.41) is 5.57. The SMILES string of the molecule is Cc1ccc(NC(=O)NCCCC2CCS(=O)(=O)C2)cc1Br. The number of amides is 2. The van der Waals surface area contributed by atoms with Crippen molar-refractivity contribution >= 4 is 37.5 Å². The number of hydrogen-bond acceptors (Lipinski definition) is 3. The first-order valence-electron chi connectivity index (χ1n) is 7.37. The van der Waals surface area contributed by atoms with Gasteiger partial charge < -0.3 is 10.6 Å². The van der Waals surface area contributed by atoms with Gasteiger partial charge in [-0.05, 0) is 49.8 Å². The molecule has 1 unspecified atom stereocenters. The zero-order valence-electron chi connectivity index (χ0n) is 12.6. The number of carbonyl (C=O) groups excluding carboxylic acids is 1. The number of urea groups is 1. The van der Waals surface area contributed by atoms with E-state index in [-0.39, 0.29) is 11.9 Å². The van der Waals surface area contributed by atoms with Gasteiger partial charge in [0.15, 0.2) is 9.84 Å². The Balaban J connectivity index is 1.66. The van der Waals surface area contributed by atoms with E-state index in [1.54, 1.807) is 0 Å². The Kier molecular flexibility index (Phi) is 5.86. The van der Waals surface area contributed by atoms with E-state index >= 15 is 0 Å². The Morgan fingerprint density at radius 2 is 2.18 bits per heavy atom. The molecule has 22 heavy (non-hydrogen) atoms. The second-order valence-corrected chi connectivity index (χ2v) is 8.84. The van der Waals surface area contributed by atoms with Gasteiger partial charge in [-0.1, -0.05) is 22.0 Å². The summed E-state index contributed by atoms with van der Waals surface area (Å²) in [4.78, 5) is 11.8. The average Bonchev–Trinajstić information content (AvgIpc) is 2.78. The van der Waals surface area contributed by atoms with Crippen LogP contribution in [0.1, 0.15) is 24.8 Å². The molecule has 1 saturated heterocycles.